The Morgan fingerprint density at radius 1 is 1.56 bits per heavy atom. The molecule has 2 unspecified atom stereocenters. The molecule has 0 aromatic rings. The second-order valence-electron chi connectivity index (χ2n) is 4.95. The van der Waals surface area contributed by atoms with Gasteiger partial charge in [0.25, 0.3) is 0 Å². The van der Waals surface area contributed by atoms with Gasteiger partial charge < -0.3 is 15.4 Å². The van der Waals surface area contributed by atoms with Crippen molar-refractivity contribution in [3.63, 3.8) is 0 Å². The lowest BCUT2D eigenvalue weighted by Crippen LogP contribution is -2.45. The molecule has 1 amide bonds. The van der Waals surface area contributed by atoms with Crippen molar-refractivity contribution < 1.29 is 9.53 Å². The third-order valence-electron chi connectivity index (χ3n) is 3.66. The maximum absolute atomic E-state index is 11.7. The highest BCUT2D eigenvalue weighted by Gasteiger charge is 2.26. The van der Waals surface area contributed by atoms with E-state index in [0.717, 1.165) is 19.7 Å². The molecule has 4 nitrogen and oxygen atoms in total. The van der Waals surface area contributed by atoms with Crippen LogP contribution in [0.25, 0.3) is 0 Å². The fourth-order valence-electron chi connectivity index (χ4n) is 2.33. The van der Waals surface area contributed by atoms with E-state index < -0.39 is 0 Å². The Labute approximate surface area is 97.1 Å². The van der Waals surface area contributed by atoms with Crippen molar-refractivity contribution >= 4 is 5.91 Å². The first-order valence-corrected chi connectivity index (χ1v) is 6.37. The van der Waals surface area contributed by atoms with Gasteiger partial charge in [-0.25, -0.2) is 0 Å². The minimum absolute atomic E-state index is 0.0577. The van der Waals surface area contributed by atoms with Gasteiger partial charge in [0.05, 0.1) is 19.1 Å². The van der Waals surface area contributed by atoms with E-state index >= 15 is 0 Å². The summed E-state index contributed by atoms with van der Waals surface area (Å²) >= 11 is 0. The zero-order valence-electron chi connectivity index (χ0n) is 10.00. The summed E-state index contributed by atoms with van der Waals surface area (Å²) in [5.41, 5.74) is 0. The molecule has 0 aromatic carbocycles. The van der Waals surface area contributed by atoms with Crippen LogP contribution in [0.5, 0.6) is 0 Å². The molecule has 2 aliphatic rings. The standard InChI is InChI=1S/C12H22N2O2/c1-9(10-3-2-4-10)14-12(15)7-11-8-13-5-6-16-11/h9-11,13H,2-8H2,1H3,(H,14,15). The first kappa shape index (κ1) is 11.9. The van der Waals surface area contributed by atoms with E-state index in [4.69, 9.17) is 4.74 Å². The van der Waals surface area contributed by atoms with Crippen LogP contribution in [0.3, 0.4) is 0 Å². The van der Waals surface area contributed by atoms with Gasteiger partial charge in [-0.2, -0.15) is 0 Å². The van der Waals surface area contributed by atoms with E-state index in [1.807, 2.05) is 0 Å². The molecular weight excluding hydrogens is 204 g/mol. The summed E-state index contributed by atoms with van der Waals surface area (Å²) in [6.45, 7) is 4.53. The van der Waals surface area contributed by atoms with Crippen molar-refractivity contribution in [2.75, 3.05) is 19.7 Å². The highest BCUT2D eigenvalue weighted by Crippen LogP contribution is 2.29. The molecule has 2 atom stereocenters. The van der Waals surface area contributed by atoms with Crippen LogP contribution in [0.15, 0.2) is 0 Å². The van der Waals surface area contributed by atoms with E-state index in [9.17, 15) is 4.79 Å². The number of rotatable bonds is 4. The number of ether oxygens (including phenoxy) is 1. The van der Waals surface area contributed by atoms with Crippen molar-refractivity contribution in [1.82, 2.24) is 10.6 Å². The number of amides is 1. The number of hydrogen-bond acceptors (Lipinski definition) is 3. The molecule has 92 valence electrons. The van der Waals surface area contributed by atoms with Gasteiger partial charge in [-0.05, 0) is 25.7 Å². The highest BCUT2D eigenvalue weighted by atomic mass is 16.5. The van der Waals surface area contributed by atoms with Gasteiger partial charge in [0.1, 0.15) is 0 Å². The largest absolute Gasteiger partial charge is 0.375 e. The summed E-state index contributed by atoms with van der Waals surface area (Å²) in [6.07, 6.45) is 4.40. The topological polar surface area (TPSA) is 50.4 Å². The van der Waals surface area contributed by atoms with Gasteiger partial charge >= 0.3 is 0 Å². The maximum atomic E-state index is 11.7. The van der Waals surface area contributed by atoms with Gasteiger partial charge in [-0.3, -0.25) is 4.79 Å². The summed E-state index contributed by atoms with van der Waals surface area (Å²) in [7, 11) is 0. The second-order valence-corrected chi connectivity index (χ2v) is 4.95. The van der Waals surface area contributed by atoms with Crippen LogP contribution >= 0.6 is 0 Å². The molecule has 16 heavy (non-hydrogen) atoms. The molecule has 0 radical (unpaired) electrons. The van der Waals surface area contributed by atoms with Crippen molar-refractivity contribution in [2.45, 2.75) is 44.8 Å². The normalized spacial score (nSPS) is 28.2. The van der Waals surface area contributed by atoms with Crippen molar-refractivity contribution in [1.29, 1.82) is 0 Å². The molecule has 1 saturated carbocycles. The summed E-state index contributed by atoms with van der Waals surface area (Å²) in [6, 6.07) is 0.331. The Hall–Kier alpha value is -0.610. The molecule has 2 rings (SSSR count). The minimum atomic E-state index is 0.0577. The predicted octanol–water partition coefficient (Wildman–Crippen LogP) is 0.670. The number of carbonyl (C=O) groups is 1. The lowest BCUT2D eigenvalue weighted by Gasteiger charge is -2.32. The molecule has 0 bridgehead atoms. The minimum Gasteiger partial charge on any atom is -0.375 e. The smallest absolute Gasteiger partial charge is 0.222 e. The molecular formula is C12H22N2O2. The van der Waals surface area contributed by atoms with Crippen LogP contribution in [0, 0.1) is 5.92 Å². The first-order chi connectivity index (χ1) is 7.75. The summed E-state index contributed by atoms with van der Waals surface area (Å²) in [5, 5.41) is 6.32. The van der Waals surface area contributed by atoms with Gasteiger partial charge in [0.2, 0.25) is 5.91 Å². The van der Waals surface area contributed by atoms with E-state index in [-0.39, 0.29) is 12.0 Å². The molecule has 0 spiro atoms. The number of carbonyl (C=O) groups excluding carboxylic acids is 1. The zero-order valence-corrected chi connectivity index (χ0v) is 10.00. The van der Waals surface area contributed by atoms with E-state index in [1.54, 1.807) is 0 Å². The Bertz CT molecular complexity index is 229. The highest BCUT2D eigenvalue weighted by molar-refractivity contribution is 5.76. The lowest BCUT2D eigenvalue weighted by atomic mass is 9.80. The SMILES string of the molecule is CC(NC(=O)CC1CNCCO1)C1CCC1. The average Bonchev–Trinajstić information content (AvgIpc) is 2.15. The van der Waals surface area contributed by atoms with Gasteiger partial charge in [0, 0.05) is 19.1 Å². The monoisotopic (exact) mass is 226 g/mol. The van der Waals surface area contributed by atoms with Crippen molar-refractivity contribution in [2.24, 2.45) is 5.92 Å². The Morgan fingerprint density at radius 3 is 2.94 bits per heavy atom. The van der Waals surface area contributed by atoms with Crippen LogP contribution < -0.4 is 10.6 Å². The third-order valence-corrected chi connectivity index (χ3v) is 3.66. The molecule has 0 aromatic heterocycles. The number of hydrogen-bond donors (Lipinski definition) is 2. The maximum Gasteiger partial charge on any atom is 0.222 e. The van der Waals surface area contributed by atoms with Crippen LogP contribution in [0.4, 0.5) is 0 Å². The van der Waals surface area contributed by atoms with E-state index in [2.05, 4.69) is 17.6 Å². The first-order valence-electron chi connectivity index (χ1n) is 6.37. The number of morpholine rings is 1. The van der Waals surface area contributed by atoms with Crippen LogP contribution in [-0.2, 0) is 9.53 Å². The van der Waals surface area contributed by atoms with Crippen LogP contribution in [0.1, 0.15) is 32.6 Å². The van der Waals surface area contributed by atoms with Crippen LogP contribution in [0.2, 0.25) is 0 Å². The Morgan fingerprint density at radius 2 is 2.38 bits per heavy atom. The second kappa shape index (κ2) is 5.64. The molecule has 4 heteroatoms. The van der Waals surface area contributed by atoms with E-state index in [1.165, 1.54) is 19.3 Å². The Balaban J connectivity index is 1.66. The molecule has 1 saturated heterocycles. The molecule has 1 heterocycles. The zero-order chi connectivity index (χ0) is 11.4. The lowest BCUT2D eigenvalue weighted by molar-refractivity contribution is -0.125. The molecule has 1 aliphatic heterocycles. The quantitative estimate of drug-likeness (QED) is 0.741. The number of nitrogens with one attached hydrogen (secondary N) is 2. The van der Waals surface area contributed by atoms with E-state index in [0.29, 0.717) is 18.4 Å². The van der Waals surface area contributed by atoms with Gasteiger partial charge in [-0.15, -0.1) is 0 Å². The summed E-state index contributed by atoms with van der Waals surface area (Å²) in [4.78, 5) is 11.7. The van der Waals surface area contributed by atoms with Crippen LogP contribution in [-0.4, -0.2) is 37.7 Å². The van der Waals surface area contributed by atoms with Crippen molar-refractivity contribution in [3.05, 3.63) is 0 Å². The Kier molecular flexibility index (Phi) is 4.18. The average molecular weight is 226 g/mol. The van der Waals surface area contributed by atoms with Crippen molar-refractivity contribution in [3.8, 4) is 0 Å². The van der Waals surface area contributed by atoms with Gasteiger partial charge in [-0.1, -0.05) is 6.42 Å². The summed E-state index contributed by atoms with van der Waals surface area (Å²) in [5.74, 6) is 0.836. The third kappa shape index (κ3) is 3.19. The molecule has 2 N–H and O–H groups in total. The predicted molar refractivity (Wildman–Crippen MR) is 62.2 cm³/mol. The fourth-order valence-corrected chi connectivity index (χ4v) is 2.33. The molecule has 2 fully saturated rings. The molecule has 1 aliphatic carbocycles. The summed E-state index contributed by atoms with van der Waals surface area (Å²) < 4.78 is 5.51. The fraction of sp³-hybridized carbons (Fsp3) is 0.917. The van der Waals surface area contributed by atoms with Gasteiger partial charge in [0.15, 0.2) is 0 Å².